The number of rotatable bonds is 41. The lowest BCUT2D eigenvalue weighted by atomic mass is 9.91. The first-order chi connectivity index (χ1) is 70.2. The highest BCUT2D eigenvalue weighted by Gasteiger charge is 2.40. The molecule has 6 aromatic heterocycles. The summed E-state index contributed by atoms with van der Waals surface area (Å²) < 4.78 is 5.26. The maximum atomic E-state index is 10.5. The van der Waals surface area contributed by atoms with Crippen molar-refractivity contribution in [3.63, 3.8) is 0 Å². The van der Waals surface area contributed by atoms with Crippen molar-refractivity contribution in [1.82, 2.24) is 59.3 Å². The Kier molecular flexibility index (Phi) is 44.3. The third-order valence-electron chi connectivity index (χ3n) is 30.5. The topological polar surface area (TPSA) is 464 Å². The van der Waals surface area contributed by atoms with Crippen molar-refractivity contribution in [2.75, 3.05) is 255 Å². The minimum atomic E-state index is -0.277. The number of anilines is 6. The van der Waals surface area contributed by atoms with E-state index in [2.05, 4.69) is 119 Å². The number of fused-ring (bicyclic) bond motifs is 6. The Labute approximate surface area is 878 Å². The molecule has 22 N–H and O–H groups in total. The molecule has 0 bridgehead atoms. The molecule has 8 fully saturated rings. The van der Waals surface area contributed by atoms with E-state index in [4.69, 9.17) is 59.6 Å². The number of ether oxygens (including phenoxy) is 1. The first-order valence-electron chi connectivity index (χ1n) is 52.7. The van der Waals surface area contributed by atoms with Crippen LogP contribution in [0.5, 0.6) is 0 Å². The van der Waals surface area contributed by atoms with Gasteiger partial charge in [-0.1, -0.05) is 68.6 Å². The zero-order chi connectivity index (χ0) is 101. The number of unbranched alkanes of at least 4 members (excludes halogenated alkanes) is 1. The summed E-state index contributed by atoms with van der Waals surface area (Å²) in [5, 5.41) is 98.0. The number of pyridine rings is 6. The lowest BCUT2D eigenvalue weighted by Crippen LogP contribution is -2.24. The zero-order valence-corrected chi connectivity index (χ0v) is 89.0. The van der Waals surface area contributed by atoms with Crippen molar-refractivity contribution in [3.05, 3.63) is 178 Å². The molecule has 788 valence electrons. The van der Waals surface area contributed by atoms with E-state index >= 15 is 0 Å². The number of allylic oxidation sites excluding steroid dienone is 6. The Morgan fingerprint density at radius 3 is 0.840 bits per heavy atom. The lowest BCUT2D eigenvalue weighted by Gasteiger charge is -2.22. The van der Waals surface area contributed by atoms with Crippen LogP contribution < -0.4 is 34.4 Å². The molecule has 12 atom stereocenters. The summed E-state index contributed by atoms with van der Waals surface area (Å²) in [6, 6.07) is 11.2. The Bertz CT molecular complexity index is 5270. The molecule has 0 spiro atoms. The number of thioether (sulfide) groups is 6. The summed E-state index contributed by atoms with van der Waals surface area (Å²) in [7, 11) is 0. The van der Waals surface area contributed by atoms with Crippen LogP contribution in [0.15, 0.2) is 110 Å². The molecule has 0 radical (unpaired) electrons. The predicted molar refractivity (Wildman–Crippen MR) is 599 cm³/mol. The van der Waals surface area contributed by atoms with E-state index in [-0.39, 0.29) is 74.9 Å². The van der Waals surface area contributed by atoms with Crippen LogP contribution in [0, 0.1) is 41.4 Å². The predicted octanol–water partition coefficient (Wildman–Crippen LogP) is 9.45. The van der Waals surface area contributed by atoms with Crippen molar-refractivity contribution in [2.24, 2.45) is 41.4 Å². The molecule has 6 aromatic rings. The van der Waals surface area contributed by atoms with Crippen LogP contribution in [0.25, 0.3) is 33.4 Å². The number of likely N-dealkylation sites (tertiary alicyclic amines) is 6. The minimum Gasteiger partial charge on any atom is -0.398 e. The van der Waals surface area contributed by atoms with E-state index in [1.54, 1.807) is 60.7 Å². The van der Waals surface area contributed by atoms with Gasteiger partial charge in [0.2, 0.25) is 0 Å². The maximum absolute atomic E-state index is 10.5. The summed E-state index contributed by atoms with van der Waals surface area (Å²) in [5.74, 6) is 13.9. The molecule has 6 aliphatic heterocycles. The second kappa shape index (κ2) is 57.1. The highest BCUT2D eigenvalue weighted by Crippen LogP contribution is 2.42. The molecular formula is C109H160N18O11S6. The van der Waals surface area contributed by atoms with Gasteiger partial charge in [0.15, 0.2) is 0 Å². The third-order valence-corrected chi connectivity index (χ3v) is 38.2. The number of aliphatic hydroxyl groups excluding tert-OH is 10. The number of aliphatic hydroxyl groups is 10. The molecular weight excluding hydrogens is 1930 g/mol. The van der Waals surface area contributed by atoms with Gasteiger partial charge < -0.3 is 90.2 Å². The van der Waals surface area contributed by atoms with E-state index in [1.807, 2.05) is 59.9 Å². The molecule has 14 aliphatic rings. The van der Waals surface area contributed by atoms with Gasteiger partial charge in [-0.2, -0.15) is 70.6 Å². The normalized spacial score (nSPS) is 25.0. The van der Waals surface area contributed by atoms with Crippen molar-refractivity contribution >= 4 is 138 Å². The van der Waals surface area contributed by atoms with Crippen molar-refractivity contribution < 1.29 is 55.8 Å². The first kappa shape index (κ1) is 112. The molecule has 29 nitrogen and oxygen atoms in total. The van der Waals surface area contributed by atoms with Crippen LogP contribution >= 0.6 is 70.6 Å². The molecule has 0 amide bonds. The van der Waals surface area contributed by atoms with E-state index in [1.165, 1.54) is 108 Å². The van der Waals surface area contributed by atoms with Crippen molar-refractivity contribution in [1.29, 1.82) is 0 Å². The maximum Gasteiger partial charge on any atom is 0.0727 e. The number of nitrogens with two attached hydrogens (primary N) is 6. The second-order valence-electron chi connectivity index (χ2n) is 41.2. The van der Waals surface area contributed by atoms with E-state index in [0.717, 1.165) is 322 Å². The number of hydrogen-bond acceptors (Lipinski definition) is 35. The minimum absolute atomic E-state index is 0.0699. The monoisotopic (exact) mass is 2090 g/mol. The van der Waals surface area contributed by atoms with Gasteiger partial charge in [0.05, 0.1) is 97.2 Å². The number of nitrogen functional groups attached to an aromatic ring is 6. The van der Waals surface area contributed by atoms with Crippen LogP contribution in [0.2, 0.25) is 0 Å². The lowest BCUT2D eigenvalue weighted by molar-refractivity contribution is 0.103. The number of hydrogen-bond donors (Lipinski definition) is 16. The zero-order valence-electron chi connectivity index (χ0n) is 84.1. The number of nitrogens with zero attached hydrogens (tertiary/aromatic N) is 12. The van der Waals surface area contributed by atoms with Gasteiger partial charge in [-0.05, 0) is 205 Å². The molecule has 6 unspecified atom stereocenters. The van der Waals surface area contributed by atoms with E-state index in [9.17, 15) is 30.6 Å². The summed E-state index contributed by atoms with van der Waals surface area (Å²) in [6.07, 6.45) is 43.2. The molecule has 6 saturated heterocycles. The Balaban J connectivity index is 0.000000130. The van der Waals surface area contributed by atoms with Gasteiger partial charge in [-0.15, -0.1) is 0 Å². The molecule has 2 saturated carbocycles. The van der Waals surface area contributed by atoms with Crippen molar-refractivity contribution in [3.8, 4) is 0 Å². The smallest absolute Gasteiger partial charge is 0.0727 e. The summed E-state index contributed by atoms with van der Waals surface area (Å²) in [5.41, 5.74) is 61.7. The third kappa shape index (κ3) is 31.4. The number of β-amino-alcohol motifs (C(OH)–C–C–N with tert-alkyl or cyclic N) is 6. The fourth-order valence-corrected chi connectivity index (χ4v) is 29.7. The highest BCUT2D eigenvalue weighted by atomic mass is 32.2. The van der Waals surface area contributed by atoms with E-state index in [0.29, 0.717) is 50.0 Å². The second-order valence-corrected chi connectivity index (χ2v) is 48.2. The van der Waals surface area contributed by atoms with Crippen LogP contribution in [-0.2, 0) is 43.3 Å². The Morgan fingerprint density at radius 2 is 0.549 bits per heavy atom. The fourth-order valence-electron chi connectivity index (χ4n) is 22.4. The summed E-state index contributed by atoms with van der Waals surface area (Å²) >= 11 is 11.4. The molecule has 144 heavy (non-hydrogen) atoms. The average Bonchev–Trinajstić information content (AvgIpc) is 1.68. The molecule has 12 heterocycles. The summed E-state index contributed by atoms with van der Waals surface area (Å²) in [6.45, 7) is 17.0. The van der Waals surface area contributed by atoms with Gasteiger partial charge in [-0.25, -0.2) is 0 Å². The highest BCUT2D eigenvalue weighted by molar-refractivity contribution is 8.00. The van der Waals surface area contributed by atoms with Crippen LogP contribution in [-0.4, -0.2) is 373 Å². The molecule has 0 aromatic carbocycles. The van der Waals surface area contributed by atoms with Gasteiger partial charge in [-0.3, -0.25) is 59.3 Å². The van der Waals surface area contributed by atoms with Crippen LogP contribution in [0.3, 0.4) is 0 Å². The van der Waals surface area contributed by atoms with Crippen LogP contribution in [0.1, 0.15) is 145 Å². The molecule has 8 aliphatic carbocycles. The van der Waals surface area contributed by atoms with Gasteiger partial charge >= 0.3 is 0 Å². The first-order valence-corrected chi connectivity index (χ1v) is 59.5. The largest absolute Gasteiger partial charge is 0.398 e. The Hall–Kier alpha value is -6.44. The fraction of sp³-hybridized carbons (Fsp3) is 0.615. The number of aromatic nitrogens is 6. The molecule has 35 heteroatoms. The summed E-state index contributed by atoms with van der Waals surface area (Å²) in [4.78, 5) is 41.0. The standard InChI is InChI=1S/C21H31N3OS.C19H27N3OS.C18H27N3O3S.C18H27N3O2S.C17H25N3O2S.C16H23N3O2S/c22-19-8-9-23-21-16(6-7-18(19)21)10-24-11-17(20(25)12-24)14-26-13-15-4-2-1-3-5-15;20-17-7-8-21-19-13(5-6-16(17)19)9-22-10-14(18(23)11-22)12-24-15-3-1-2-4-15;19-16-3-4-20-18-13(1-2-15(16)18)9-21-10-14(17(23)11-21)12-25-8-7-24-6-5-22;19-16-5-6-20-18-13(3-4-15(16)18)9-21-10-14(17(23)11-21)12-24-8-2-1-7-22;18-15-4-5-19-17-12(2-3-14(15)17)8-20-9-13(16(22)10-20)11-23-7-1-6-21;17-14-3-4-18-16-11(1-2-13(14)16)7-19-8-12(15(21)9-19)10-22-6-5-20/h6,8-9,15,17,20,25H,1-5,7,10-14H2,(H2,22,23);5,7-8,14-15,18,23H,1-4,6,9-12H2,(H2,20,21);1,3-4,14,17,22-23H,2,5-12H2,(H2,19,20);3,5-6,14,17,22-23H,1-2,4,7-12H2,(H2,19,20);2,4-5,13,16,21-22H,1,3,6-11H2,(H2,18,19);1,3-4,12,15,20-21H,2,5-10H2,(H2,17,18)/t17-,20?;14-,18?;2*14-,17?;13-,16?;12-,15?/m111111/s1. The quantitative estimate of drug-likeness (QED) is 0.0159. The Morgan fingerprint density at radius 1 is 0.278 bits per heavy atom. The SMILES string of the molecule is Nc1ccnc2c1CC=C2CN1CC(O)[C@@H](CSC2CCCC2)C1.Nc1ccnc2c1CC=C2CN1CC(O)[C@@H](CSCC2CCCCC2)C1.Nc1ccnc2c1CC=C2CN1CC(O)[C@@H](CSCCCCO)C1.Nc1ccnc2c1CC=C2CN1CC(O)[C@@H](CSCCCO)C1.Nc1ccnc2c1CC=C2CN1CC(O)[C@@H](CSCCO)C1.Nc1ccnc2c1CC=C2CN1CC(O)[C@@H](CSCCOCCO)C1. The van der Waals surface area contributed by atoms with Crippen molar-refractivity contribution in [2.45, 2.75) is 157 Å². The van der Waals surface area contributed by atoms with Gasteiger partial charge in [0, 0.05) is 294 Å². The molecule has 20 rings (SSSR count). The van der Waals surface area contributed by atoms with Gasteiger partial charge in [0.25, 0.3) is 0 Å². The van der Waals surface area contributed by atoms with Gasteiger partial charge in [0.1, 0.15) is 0 Å². The van der Waals surface area contributed by atoms with E-state index < -0.39 is 0 Å². The van der Waals surface area contributed by atoms with Crippen LogP contribution in [0.4, 0.5) is 34.1 Å². The average molecular weight is 2090 g/mol.